The smallest absolute Gasteiger partial charge is 0.349 e. The molecule has 10 heteroatoms. The van der Waals surface area contributed by atoms with Gasteiger partial charge in [0.2, 0.25) is 17.9 Å². The molecule has 2 amide bonds. The van der Waals surface area contributed by atoms with Gasteiger partial charge in [-0.25, -0.2) is 4.79 Å². The van der Waals surface area contributed by atoms with E-state index in [1.165, 1.54) is 0 Å². The molecular weight excluding hydrogens is 532 g/mol. The van der Waals surface area contributed by atoms with Crippen LogP contribution in [0.25, 0.3) is 0 Å². The van der Waals surface area contributed by atoms with Gasteiger partial charge in [0.25, 0.3) is 0 Å². The average Bonchev–Trinajstić information content (AvgIpc) is 2.91. The quantitative estimate of drug-likeness (QED) is 0.161. The number of carboxylic acids is 2. The number of carboxylic acid groups (broad SMARTS) is 2. The van der Waals surface area contributed by atoms with E-state index >= 15 is 0 Å². The van der Waals surface area contributed by atoms with Gasteiger partial charge >= 0.3 is 11.9 Å². The number of nitrogens with zero attached hydrogens (tertiary/aromatic N) is 1. The first-order chi connectivity index (χ1) is 19.1. The van der Waals surface area contributed by atoms with Crippen molar-refractivity contribution in [1.82, 2.24) is 10.2 Å². The molecule has 0 heterocycles. The van der Waals surface area contributed by atoms with E-state index in [1.807, 2.05) is 20.8 Å². The van der Waals surface area contributed by atoms with E-state index in [1.54, 1.807) is 59.5 Å². The Morgan fingerprint density at radius 2 is 1.62 bits per heavy atom. The molecule has 0 aliphatic heterocycles. The normalized spacial score (nSPS) is 13.2. The van der Waals surface area contributed by atoms with E-state index in [4.69, 9.17) is 4.74 Å². The fraction of sp³-hybridized carbons (Fsp3) is 0.467. The number of rotatable bonds is 17. The lowest BCUT2D eigenvalue weighted by Gasteiger charge is -2.29. The molecule has 40 heavy (non-hydrogen) atoms. The maximum Gasteiger partial charge on any atom is 0.349 e. The molecule has 0 aliphatic rings. The largest absolute Gasteiger partial charge is 0.481 e. The summed E-state index contributed by atoms with van der Waals surface area (Å²) in [4.78, 5) is 51.4. The number of hydrogen-bond acceptors (Lipinski definition) is 6. The summed E-state index contributed by atoms with van der Waals surface area (Å²) in [6.45, 7) is 6.37. The van der Waals surface area contributed by atoms with Crippen molar-refractivity contribution in [2.75, 3.05) is 12.3 Å². The molecule has 0 saturated carbocycles. The Morgan fingerprint density at radius 1 is 0.975 bits per heavy atom. The Bertz CT molecular complexity index is 1110. The Kier molecular flexibility index (Phi) is 13.5. The maximum atomic E-state index is 13.6. The SMILES string of the molecule is CCCCCN(Cc1ccc(O[C@H](C(=O)O)c2ccccc2)cc1)C(=O)C(CC(=O)O)NC(=O)C(CS)C(C)C. The molecule has 3 atom stereocenters. The number of ether oxygens (including phenoxy) is 1. The molecule has 218 valence electrons. The molecule has 2 aromatic carbocycles. The summed E-state index contributed by atoms with van der Waals surface area (Å²) in [6, 6.07) is 14.2. The number of unbranched alkanes of at least 4 members (excludes halogenated alkanes) is 2. The predicted molar refractivity (Wildman–Crippen MR) is 155 cm³/mol. The predicted octanol–water partition coefficient (Wildman–Crippen LogP) is 4.57. The Morgan fingerprint density at radius 3 is 2.15 bits per heavy atom. The minimum atomic E-state index is -1.21. The molecule has 0 fully saturated rings. The molecule has 2 rings (SSSR count). The van der Waals surface area contributed by atoms with Gasteiger partial charge in [-0.2, -0.15) is 12.6 Å². The van der Waals surface area contributed by atoms with Gasteiger partial charge in [-0.3, -0.25) is 14.4 Å². The van der Waals surface area contributed by atoms with Crippen LogP contribution in [0.1, 0.15) is 63.7 Å². The summed E-state index contributed by atoms with van der Waals surface area (Å²) in [7, 11) is 0. The lowest BCUT2D eigenvalue weighted by molar-refractivity contribution is -0.145. The van der Waals surface area contributed by atoms with E-state index in [2.05, 4.69) is 17.9 Å². The van der Waals surface area contributed by atoms with E-state index in [0.29, 0.717) is 17.9 Å². The molecule has 0 saturated heterocycles. The number of carbonyl (C=O) groups excluding carboxylic acids is 2. The van der Waals surface area contributed by atoms with Crippen molar-refractivity contribution in [3.8, 4) is 5.75 Å². The fourth-order valence-corrected chi connectivity index (χ4v) is 4.80. The standard InChI is InChI=1S/C30H40N2O7S/c1-4-5-9-16-32(29(36)25(17-26(33)34)31-28(35)24(19-40)20(2)3)18-21-12-14-23(15-13-21)39-27(30(37)38)22-10-7-6-8-11-22/h6-8,10-15,20,24-25,27,40H,4-5,9,16-19H2,1-3H3,(H,31,35)(H,33,34)(H,37,38)/t24?,25?,27-/m0/s1. The van der Waals surface area contributed by atoms with Crippen LogP contribution in [0, 0.1) is 11.8 Å². The van der Waals surface area contributed by atoms with Crippen LogP contribution >= 0.6 is 12.6 Å². The number of carbonyl (C=O) groups is 4. The van der Waals surface area contributed by atoms with Gasteiger partial charge in [-0.05, 0) is 30.0 Å². The first-order valence-corrected chi connectivity index (χ1v) is 14.2. The maximum absolute atomic E-state index is 13.6. The average molecular weight is 573 g/mol. The molecule has 0 bridgehead atoms. The first kappa shape index (κ1) is 32.7. The molecule has 0 aliphatic carbocycles. The van der Waals surface area contributed by atoms with E-state index in [9.17, 15) is 29.4 Å². The molecule has 2 unspecified atom stereocenters. The summed E-state index contributed by atoms with van der Waals surface area (Å²) >= 11 is 4.25. The highest BCUT2D eigenvalue weighted by atomic mass is 32.1. The zero-order valence-corrected chi connectivity index (χ0v) is 24.2. The van der Waals surface area contributed by atoms with Gasteiger partial charge in [0, 0.05) is 30.3 Å². The summed E-state index contributed by atoms with van der Waals surface area (Å²) in [5.74, 6) is -3.03. The highest BCUT2D eigenvalue weighted by Crippen LogP contribution is 2.23. The zero-order valence-electron chi connectivity index (χ0n) is 23.3. The third-order valence-corrected chi connectivity index (χ3v) is 6.95. The fourth-order valence-electron chi connectivity index (χ4n) is 4.21. The number of benzene rings is 2. The Balaban J connectivity index is 2.22. The van der Waals surface area contributed by atoms with Crippen molar-refractivity contribution >= 4 is 36.4 Å². The van der Waals surface area contributed by atoms with Crippen LogP contribution in [-0.4, -0.2) is 57.2 Å². The van der Waals surface area contributed by atoms with Crippen LogP contribution < -0.4 is 10.1 Å². The third-order valence-electron chi connectivity index (χ3n) is 6.55. The minimum absolute atomic E-state index is 0.0258. The summed E-state index contributed by atoms with van der Waals surface area (Å²) in [5.41, 5.74) is 1.26. The highest BCUT2D eigenvalue weighted by Gasteiger charge is 2.31. The van der Waals surface area contributed by atoms with Crippen molar-refractivity contribution in [1.29, 1.82) is 0 Å². The summed E-state index contributed by atoms with van der Waals surface area (Å²) in [6.07, 6.45) is 0.839. The number of thiol groups is 1. The van der Waals surface area contributed by atoms with E-state index in [0.717, 1.165) is 24.8 Å². The molecule has 3 N–H and O–H groups in total. The van der Waals surface area contributed by atoms with Crippen molar-refractivity contribution in [2.45, 2.75) is 65.1 Å². The van der Waals surface area contributed by atoms with Gasteiger partial charge < -0.3 is 25.2 Å². The second-order valence-electron chi connectivity index (χ2n) is 10.0. The number of amides is 2. The van der Waals surface area contributed by atoms with Crippen LogP contribution in [-0.2, 0) is 25.7 Å². The Labute approximate surface area is 241 Å². The van der Waals surface area contributed by atoms with E-state index < -0.39 is 48.2 Å². The monoisotopic (exact) mass is 572 g/mol. The van der Waals surface area contributed by atoms with Crippen LogP contribution in [0.4, 0.5) is 0 Å². The van der Waals surface area contributed by atoms with Crippen LogP contribution in [0.15, 0.2) is 54.6 Å². The van der Waals surface area contributed by atoms with Crippen molar-refractivity contribution < 1.29 is 34.1 Å². The molecule has 0 aromatic heterocycles. The lowest BCUT2D eigenvalue weighted by atomic mass is 9.96. The van der Waals surface area contributed by atoms with Crippen LogP contribution in [0.2, 0.25) is 0 Å². The number of nitrogens with one attached hydrogen (secondary N) is 1. The number of aliphatic carboxylic acids is 2. The van der Waals surface area contributed by atoms with E-state index in [-0.39, 0.29) is 18.2 Å². The highest BCUT2D eigenvalue weighted by molar-refractivity contribution is 7.80. The van der Waals surface area contributed by atoms with Crippen molar-refractivity contribution in [3.63, 3.8) is 0 Å². The zero-order chi connectivity index (χ0) is 29.7. The molecule has 0 spiro atoms. The second-order valence-corrected chi connectivity index (χ2v) is 10.4. The second kappa shape index (κ2) is 16.5. The van der Waals surface area contributed by atoms with Gasteiger partial charge in [-0.1, -0.05) is 76.1 Å². The van der Waals surface area contributed by atoms with Gasteiger partial charge in [0.1, 0.15) is 11.8 Å². The third kappa shape index (κ3) is 10.2. The minimum Gasteiger partial charge on any atom is -0.481 e. The van der Waals surface area contributed by atoms with Crippen LogP contribution in [0.5, 0.6) is 5.75 Å². The summed E-state index contributed by atoms with van der Waals surface area (Å²) in [5, 5.41) is 21.8. The number of hydrogen-bond donors (Lipinski definition) is 4. The van der Waals surface area contributed by atoms with Crippen molar-refractivity contribution in [2.24, 2.45) is 11.8 Å². The molecule has 9 nitrogen and oxygen atoms in total. The topological polar surface area (TPSA) is 133 Å². The molecule has 0 radical (unpaired) electrons. The van der Waals surface area contributed by atoms with Crippen LogP contribution in [0.3, 0.4) is 0 Å². The molecule has 2 aromatic rings. The van der Waals surface area contributed by atoms with Gasteiger partial charge in [-0.15, -0.1) is 0 Å². The Hall–Kier alpha value is -3.53. The molecular formula is C30H40N2O7S. The lowest BCUT2D eigenvalue weighted by Crippen LogP contribution is -2.51. The van der Waals surface area contributed by atoms with Gasteiger partial charge in [0.15, 0.2) is 0 Å². The van der Waals surface area contributed by atoms with Gasteiger partial charge in [0.05, 0.1) is 6.42 Å². The summed E-state index contributed by atoms with van der Waals surface area (Å²) < 4.78 is 5.73. The first-order valence-electron chi connectivity index (χ1n) is 13.5. The van der Waals surface area contributed by atoms with Crippen molar-refractivity contribution in [3.05, 3.63) is 65.7 Å².